The first-order chi connectivity index (χ1) is 9.60. The molecular formula is C16H32NO4+. The van der Waals surface area contributed by atoms with Crippen LogP contribution in [0.3, 0.4) is 0 Å². The number of esters is 1. The summed E-state index contributed by atoms with van der Waals surface area (Å²) in [5.41, 5.74) is 0. The zero-order chi connectivity index (χ0) is 16.6. The summed E-state index contributed by atoms with van der Waals surface area (Å²) in [4.78, 5) is 22.7. The number of nitrogens with zero attached hydrogens (tertiary/aromatic N) is 1. The van der Waals surface area contributed by atoms with Gasteiger partial charge in [0.1, 0.15) is 13.2 Å². The fourth-order valence-electron chi connectivity index (χ4n) is 2.61. The maximum absolute atomic E-state index is 12.1. The van der Waals surface area contributed by atoms with E-state index in [0.29, 0.717) is 36.0 Å². The zero-order valence-corrected chi connectivity index (χ0v) is 14.4. The van der Waals surface area contributed by atoms with Gasteiger partial charge in [0.15, 0.2) is 0 Å². The maximum Gasteiger partial charge on any atom is 0.309 e. The fourth-order valence-corrected chi connectivity index (χ4v) is 2.61. The highest BCUT2D eigenvalue weighted by Gasteiger charge is 2.27. The summed E-state index contributed by atoms with van der Waals surface area (Å²) in [6.07, 6.45) is 1.09. The van der Waals surface area contributed by atoms with E-state index in [-0.39, 0.29) is 18.3 Å². The van der Waals surface area contributed by atoms with E-state index in [4.69, 9.17) is 9.84 Å². The van der Waals surface area contributed by atoms with Crippen molar-refractivity contribution in [3.05, 3.63) is 0 Å². The van der Waals surface area contributed by atoms with Crippen molar-refractivity contribution in [2.24, 2.45) is 17.8 Å². The van der Waals surface area contributed by atoms with Gasteiger partial charge in [-0.15, -0.1) is 0 Å². The summed E-state index contributed by atoms with van der Waals surface area (Å²) >= 11 is 0. The summed E-state index contributed by atoms with van der Waals surface area (Å²) in [5, 5.41) is 8.71. The predicted octanol–water partition coefficient (Wildman–Crippen LogP) is 2.40. The summed E-state index contributed by atoms with van der Waals surface area (Å²) in [5.74, 6) is -0.236. The molecule has 5 nitrogen and oxygen atoms in total. The van der Waals surface area contributed by atoms with Crippen LogP contribution in [0.15, 0.2) is 0 Å². The molecule has 0 aliphatic heterocycles. The molecule has 0 radical (unpaired) electrons. The molecule has 1 N–H and O–H groups in total. The molecule has 124 valence electrons. The van der Waals surface area contributed by atoms with Gasteiger partial charge in [-0.25, -0.2) is 0 Å². The van der Waals surface area contributed by atoms with Crippen LogP contribution in [0.2, 0.25) is 0 Å². The molecule has 5 heteroatoms. The number of carboxylic acid groups (broad SMARTS) is 1. The average molecular weight is 302 g/mol. The number of aliphatic carboxylic acids is 1. The second-order valence-corrected chi connectivity index (χ2v) is 6.80. The van der Waals surface area contributed by atoms with E-state index in [9.17, 15) is 9.59 Å². The third kappa shape index (κ3) is 8.05. The number of rotatable bonds is 10. The third-order valence-electron chi connectivity index (χ3n) is 4.21. The molecule has 0 aliphatic rings. The van der Waals surface area contributed by atoms with Crippen LogP contribution < -0.4 is 0 Å². The Bertz CT molecular complexity index is 339. The van der Waals surface area contributed by atoms with Crippen LogP contribution in [-0.2, 0) is 14.3 Å². The van der Waals surface area contributed by atoms with Crippen LogP contribution >= 0.6 is 0 Å². The van der Waals surface area contributed by atoms with Crippen molar-refractivity contribution in [3.63, 3.8) is 0 Å². The Morgan fingerprint density at radius 3 is 2.14 bits per heavy atom. The van der Waals surface area contributed by atoms with E-state index in [2.05, 4.69) is 20.8 Å². The van der Waals surface area contributed by atoms with Gasteiger partial charge in [-0.2, -0.15) is 0 Å². The SMILES string of the molecule is CCC(C(C)C)C(C)C(=O)OCC[N+](C)(C)CCC(=O)O. The fraction of sp³-hybridized carbons (Fsp3) is 0.875. The topological polar surface area (TPSA) is 63.6 Å². The number of carboxylic acids is 1. The first-order valence-electron chi connectivity index (χ1n) is 7.81. The Morgan fingerprint density at radius 2 is 1.71 bits per heavy atom. The third-order valence-corrected chi connectivity index (χ3v) is 4.21. The van der Waals surface area contributed by atoms with Crippen LogP contribution in [-0.4, -0.2) is 55.3 Å². The molecule has 2 atom stereocenters. The number of quaternary nitrogens is 1. The van der Waals surface area contributed by atoms with Crippen LogP contribution in [0.1, 0.15) is 40.5 Å². The van der Waals surface area contributed by atoms with Gasteiger partial charge in [-0.3, -0.25) is 9.59 Å². The van der Waals surface area contributed by atoms with Crippen LogP contribution in [0.4, 0.5) is 0 Å². The highest BCUT2D eigenvalue weighted by atomic mass is 16.5. The minimum Gasteiger partial charge on any atom is -0.481 e. The molecular weight excluding hydrogens is 270 g/mol. The van der Waals surface area contributed by atoms with E-state index in [1.54, 1.807) is 0 Å². The predicted molar refractivity (Wildman–Crippen MR) is 82.8 cm³/mol. The van der Waals surface area contributed by atoms with Gasteiger partial charge in [-0.05, 0) is 11.8 Å². The number of likely N-dealkylation sites (N-methyl/N-ethyl adjacent to an activating group) is 1. The molecule has 2 unspecified atom stereocenters. The Hall–Kier alpha value is -1.10. The monoisotopic (exact) mass is 302 g/mol. The van der Waals surface area contributed by atoms with Gasteiger partial charge in [0.25, 0.3) is 0 Å². The number of ether oxygens (including phenoxy) is 1. The van der Waals surface area contributed by atoms with Crippen molar-refractivity contribution in [1.29, 1.82) is 0 Å². The van der Waals surface area contributed by atoms with Gasteiger partial charge in [0.2, 0.25) is 0 Å². The number of carbonyl (C=O) groups excluding carboxylic acids is 1. The molecule has 0 amide bonds. The molecule has 0 saturated carbocycles. The molecule has 0 heterocycles. The van der Waals surface area contributed by atoms with Crippen LogP contribution in [0, 0.1) is 17.8 Å². The standard InChI is InChI=1S/C16H31NO4/c1-7-14(12(2)3)13(4)16(20)21-11-10-17(5,6)9-8-15(18)19/h12-14H,7-11H2,1-6H3/p+1. The molecule has 0 aliphatic carbocycles. The Kier molecular flexibility index (Phi) is 8.55. The van der Waals surface area contributed by atoms with Gasteiger partial charge >= 0.3 is 11.9 Å². The van der Waals surface area contributed by atoms with Crippen molar-refractivity contribution in [3.8, 4) is 0 Å². The summed E-state index contributed by atoms with van der Waals surface area (Å²) in [6.45, 7) is 9.79. The average Bonchev–Trinajstić information content (AvgIpc) is 2.36. The number of hydrogen-bond donors (Lipinski definition) is 1. The zero-order valence-electron chi connectivity index (χ0n) is 14.4. The quantitative estimate of drug-likeness (QED) is 0.497. The molecule has 0 rings (SSSR count). The lowest BCUT2D eigenvalue weighted by Crippen LogP contribution is -2.44. The molecule has 0 saturated heterocycles. The summed E-state index contributed by atoms with van der Waals surface area (Å²) in [7, 11) is 3.90. The Balaban J connectivity index is 4.21. The van der Waals surface area contributed by atoms with Crippen LogP contribution in [0.5, 0.6) is 0 Å². The molecule has 0 spiro atoms. The van der Waals surface area contributed by atoms with E-state index < -0.39 is 5.97 Å². The second-order valence-electron chi connectivity index (χ2n) is 6.80. The second kappa shape index (κ2) is 9.03. The van der Waals surface area contributed by atoms with E-state index in [1.165, 1.54) is 0 Å². The lowest BCUT2D eigenvalue weighted by atomic mass is 9.82. The highest BCUT2D eigenvalue weighted by molar-refractivity contribution is 5.72. The minimum atomic E-state index is -0.797. The summed E-state index contributed by atoms with van der Waals surface area (Å²) < 4.78 is 5.91. The Labute approximate surface area is 128 Å². The van der Waals surface area contributed by atoms with Gasteiger partial charge < -0.3 is 14.3 Å². The molecule has 0 aromatic heterocycles. The first-order valence-corrected chi connectivity index (χ1v) is 7.81. The van der Waals surface area contributed by atoms with Gasteiger partial charge in [0, 0.05) is 0 Å². The van der Waals surface area contributed by atoms with Crippen molar-refractivity contribution in [2.45, 2.75) is 40.5 Å². The molecule has 21 heavy (non-hydrogen) atoms. The smallest absolute Gasteiger partial charge is 0.309 e. The van der Waals surface area contributed by atoms with Crippen molar-refractivity contribution in [2.75, 3.05) is 33.8 Å². The van der Waals surface area contributed by atoms with Crippen molar-refractivity contribution >= 4 is 11.9 Å². The lowest BCUT2D eigenvalue weighted by Gasteiger charge is -2.29. The van der Waals surface area contributed by atoms with Crippen molar-refractivity contribution in [1.82, 2.24) is 0 Å². The van der Waals surface area contributed by atoms with E-state index in [1.807, 2.05) is 21.0 Å². The first kappa shape index (κ1) is 19.9. The molecule has 0 bridgehead atoms. The largest absolute Gasteiger partial charge is 0.481 e. The lowest BCUT2D eigenvalue weighted by molar-refractivity contribution is -0.889. The Morgan fingerprint density at radius 1 is 1.14 bits per heavy atom. The maximum atomic E-state index is 12.1. The van der Waals surface area contributed by atoms with Crippen LogP contribution in [0.25, 0.3) is 0 Å². The van der Waals surface area contributed by atoms with E-state index >= 15 is 0 Å². The molecule has 0 aromatic rings. The van der Waals surface area contributed by atoms with E-state index in [0.717, 1.165) is 6.42 Å². The minimum absolute atomic E-state index is 0.0929. The summed E-state index contributed by atoms with van der Waals surface area (Å²) in [6, 6.07) is 0. The molecule has 0 aromatic carbocycles. The van der Waals surface area contributed by atoms with Gasteiger partial charge in [-0.1, -0.05) is 34.1 Å². The highest BCUT2D eigenvalue weighted by Crippen LogP contribution is 2.25. The van der Waals surface area contributed by atoms with Gasteiger partial charge in [0.05, 0.1) is 33.0 Å². The normalized spacial score (nSPS) is 14.8. The molecule has 0 fully saturated rings. The van der Waals surface area contributed by atoms with Crippen molar-refractivity contribution < 1.29 is 23.9 Å². The number of hydrogen-bond acceptors (Lipinski definition) is 3. The number of carbonyl (C=O) groups is 2.